The van der Waals surface area contributed by atoms with Crippen LogP contribution in [0.1, 0.15) is 50.5 Å². The predicted molar refractivity (Wildman–Crippen MR) is 76.6 cm³/mol. The van der Waals surface area contributed by atoms with Crippen LogP contribution >= 0.6 is 0 Å². The van der Waals surface area contributed by atoms with Gasteiger partial charge in [-0.2, -0.15) is 0 Å². The maximum atomic E-state index is 11.1. The summed E-state index contributed by atoms with van der Waals surface area (Å²) in [6, 6.07) is 11.0. The maximum absolute atomic E-state index is 11.1. The molecule has 3 N–H and O–H groups in total. The van der Waals surface area contributed by atoms with Crippen LogP contribution in [0, 0.1) is 5.92 Å². The lowest BCUT2D eigenvalue weighted by Crippen LogP contribution is -2.94. The molecule has 2 fully saturated rings. The van der Waals surface area contributed by atoms with E-state index in [-0.39, 0.29) is 5.60 Å². The van der Waals surface area contributed by atoms with Gasteiger partial charge in [-0.15, -0.1) is 0 Å². The first-order chi connectivity index (χ1) is 9.29. The van der Waals surface area contributed by atoms with Crippen molar-refractivity contribution in [3.63, 3.8) is 0 Å². The predicted octanol–water partition coefficient (Wildman–Crippen LogP) is 2.22. The highest BCUT2D eigenvalue weighted by molar-refractivity contribution is 5.13. The summed E-state index contributed by atoms with van der Waals surface area (Å²) >= 11 is 0. The summed E-state index contributed by atoms with van der Waals surface area (Å²) < 4.78 is 0. The number of rotatable bonds is 3. The van der Waals surface area contributed by atoms with Gasteiger partial charge in [0.25, 0.3) is 0 Å². The zero-order chi connectivity index (χ0) is 13.1. The van der Waals surface area contributed by atoms with Crippen molar-refractivity contribution in [3.8, 4) is 0 Å². The molecule has 0 aromatic heterocycles. The molecule has 0 saturated heterocycles. The van der Waals surface area contributed by atoms with Gasteiger partial charge in [0.05, 0.1) is 0 Å². The Bertz CT molecular complexity index is 403. The van der Waals surface area contributed by atoms with E-state index in [2.05, 4.69) is 35.6 Å². The van der Waals surface area contributed by atoms with E-state index in [0.717, 1.165) is 13.0 Å². The minimum absolute atomic E-state index is 0.384. The van der Waals surface area contributed by atoms with Crippen LogP contribution in [0.4, 0.5) is 0 Å². The van der Waals surface area contributed by atoms with Crippen molar-refractivity contribution < 1.29 is 10.4 Å². The molecular formula is C17H26NO+. The van der Waals surface area contributed by atoms with Crippen molar-refractivity contribution in [1.82, 2.24) is 0 Å². The van der Waals surface area contributed by atoms with Crippen molar-refractivity contribution in [3.05, 3.63) is 35.9 Å². The number of hydrogen-bond donors (Lipinski definition) is 2. The lowest BCUT2D eigenvalue weighted by atomic mass is 9.65. The van der Waals surface area contributed by atoms with Gasteiger partial charge in [-0.3, -0.25) is 0 Å². The number of nitrogens with two attached hydrogens (primary N) is 1. The highest BCUT2D eigenvalue weighted by atomic mass is 16.3. The second-order valence-corrected chi connectivity index (χ2v) is 6.40. The monoisotopic (exact) mass is 260 g/mol. The molecule has 104 valence electrons. The Labute approximate surface area is 116 Å². The summed E-state index contributed by atoms with van der Waals surface area (Å²) in [5.74, 6) is 0.562. The normalized spacial score (nSPS) is 34.8. The van der Waals surface area contributed by atoms with Gasteiger partial charge in [0.15, 0.2) is 0 Å². The molecule has 2 aliphatic carbocycles. The van der Waals surface area contributed by atoms with Crippen LogP contribution < -0.4 is 5.32 Å². The lowest BCUT2D eigenvalue weighted by Gasteiger charge is -2.47. The molecule has 0 unspecified atom stereocenters. The summed E-state index contributed by atoms with van der Waals surface area (Å²) in [5.41, 5.74) is 0.981. The second kappa shape index (κ2) is 5.64. The fourth-order valence-corrected chi connectivity index (χ4v) is 4.18. The molecule has 19 heavy (non-hydrogen) atoms. The summed E-state index contributed by atoms with van der Waals surface area (Å²) in [5, 5.41) is 13.5. The van der Waals surface area contributed by atoms with Crippen LogP contribution in [0.5, 0.6) is 0 Å². The fourth-order valence-electron chi connectivity index (χ4n) is 4.18. The van der Waals surface area contributed by atoms with Crippen molar-refractivity contribution in [1.29, 1.82) is 0 Å². The molecular weight excluding hydrogens is 234 g/mol. The smallest absolute Gasteiger partial charge is 0.119 e. The van der Waals surface area contributed by atoms with Crippen LogP contribution in [0.3, 0.4) is 0 Å². The summed E-state index contributed by atoms with van der Waals surface area (Å²) in [6.45, 7) is 1.00. The molecule has 2 saturated carbocycles. The third-order valence-corrected chi connectivity index (χ3v) is 5.28. The molecule has 0 amide bonds. The molecule has 2 nitrogen and oxygen atoms in total. The van der Waals surface area contributed by atoms with Gasteiger partial charge >= 0.3 is 0 Å². The van der Waals surface area contributed by atoms with E-state index in [9.17, 15) is 5.11 Å². The number of benzene rings is 1. The minimum Gasteiger partial charge on any atom is -0.383 e. The fraction of sp³-hybridized carbons (Fsp3) is 0.647. The van der Waals surface area contributed by atoms with E-state index >= 15 is 0 Å². The van der Waals surface area contributed by atoms with Crippen LogP contribution in [-0.2, 0) is 6.54 Å². The molecule has 0 bridgehead atoms. The van der Waals surface area contributed by atoms with E-state index in [4.69, 9.17) is 0 Å². The Morgan fingerprint density at radius 1 is 1.05 bits per heavy atom. The van der Waals surface area contributed by atoms with E-state index in [1.807, 2.05) is 0 Å². The number of quaternary nitrogens is 1. The first kappa shape index (κ1) is 13.1. The molecule has 0 heterocycles. The van der Waals surface area contributed by atoms with Crippen molar-refractivity contribution >= 4 is 0 Å². The van der Waals surface area contributed by atoms with E-state index in [1.54, 1.807) is 0 Å². The topological polar surface area (TPSA) is 36.8 Å². The standard InChI is InChI=1S/C17H25NO/c19-17-12-5-4-9-15(17)10-6-11-16(17)18-13-14-7-2-1-3-8-14/h1-3,7-8,15-16,18-19H,4-6,9-13H2/p+1/t15-,16-,17+/m1/s1. The van der Waals surface area contributed by atoms with E-state index in [0.29, 0.717) is 12.0 Å². The molecule has 0 aliphatic heterocycles. The van der Waals surface area contributed by atoms with Crippen LogP contribution in [0.25, 0.3) is 0 Å². The molecule has 2 heteroatoms. The zero-order valence-electron chi connectivity index (χ0n) is 11.7. The number of aliphatic hydroxyl groups is 1. The second-order valence-electron chi connectivity index (χ2n) is 6.40. The Balaban J connectivity index is 1.66. The van der Waals surface area contributed by atoms with Gasteiger partial charge in [0.1, 0.15) is 18.2 Å². The Kier molecular flexibility index (Phi) is 3.90. The average Bonchev–Trinajstić information content (AvgIpc) is 2.46. The Hall–Kier alpha value is -0.860. The molecule has 0 spiro atoms. The number of hydrogen-bond acceptors (Lipinski definition) is 1. The SMILES string of the molecule is O[C@@]12CCCC[C@@H]1CCC[C@H]2[NH2+]Cc1ccccc1. The quantitative estimate of drug-likeness (QED) is 0.859. The van der Waals surface area contributed by atoms with Gasteiger partial charge in [-0.05, 0) is 31.6 Å². The highest BCUT2D eigenvalue weighted by Crippen LogP contribution is 2.42. The van der Waals surface area contributed by atoms with Gasteiger partial charge in [-0.25, -0.2) is 0 Å². The third-order valence-electron chi connectivity index (χ3n) is 5.28. The first-order valence-electron chi connectivity index (χ1n) is 7.89. The summed E-state index contributed by atoms with van der Waals surface area (Å²) in [6.07, 6.45) is 8.51. The number of fused-ring (bicyclic) bond motifs is 1. The van der Waals surface area contributed by atoms with E-state index < -0.39 is 0 Å². The largest absolute Gasteiger partial charge is 0.383 e. The summed E-state index contributed by atoms with van der Waals surface area (Å²) in [7, 11) is 0. The van der Waals surface area contributed by atoms with Crippen LogP contribution in [-0.4, -0.2) is 16.7 Å². The Morgan fingerprint density at radius 3 is 2.68 bits per heavy atom. The van der Waals surface area contributed by atoms with Crippen LogP contribution in [0.2, 0.25) is 0 Å². The van der Waals surface area contributed by atoms with Gasteiger partial charge in [0.2, 0.25) is 0 Å². The average molecular weight is 260 g/mol. The Morgan fingerprint density at radius 2 is 1.84 bits per heavy atom. The van der Waals surface area contributed by atoms with Crippen LogP contribution in [0.15, 0.2) is 30.3 Å². The van der Waals surface area contributed by atoms with Crippen molar-refractivity contribution in [2.45, 2.75) is 63.1 Å². The van der Waals surface area contributed by atoms with Crippen molar-refractivity contribution in [2.75, 3.05) is 0 Å². The summed E-state index contributed by atoms with van der Waals surface area (Å²) in [4.78, 5) is 0. The lowest BCUT2D eigenvalue weighted by molar-refractivity contribution is -0.722. The van der Waals surface area contributed by atoms with Gasteiger partial charge in [0, 0.05) is 12.0 Å². The molecule has 1 aromatic rings. The third kappa shape index (κ3) is 2.70. The molecule has 1 aromatic carbocycles. The first-order valence-corrected chi connectivity index (χ1v) is 7.89. The molecule has 3 rings (SSSR count). The van der Waals surface area contributed by atoms with Gasteiger partial charge in [-0.1, -0.05) is 43.2 Å². The minimum atomic E-state index is -0.384. The maximum Gasteiger partial charge on any atom is 0.119 e. The molecule has 0 radical (unpaired) electrons. The molecule has 3 atom stereocenters. The van der Waals surface area contributed by atoms with E-state index in [1.165, 1.54) is 44.1 Å². The van der Waals surface area contributed by atoms with Gasteiger partial charge < -0.3 is 10.4 Å². The molecule has 2 aliphatic rings. The van der Waals surface area contributed by atoms with Crippen molar-refractivity contribution in [2.24, 2.45) is 5.92 Å². The highest BCUT2D eigenvalue weighted by Gasteiger charge is 2.49. The zero-order valence-corrected chi connectivity index (χ0v) is 11.7.